The van der Waals surface area contributed by atoms with Gasteiger partial charge in [0.05, 0.1) is 0 Å². The molecule has 0 fully saturated rings. The van der Waals surface area contributed by atoms with Crippen molar-refractivity contribution in [2.24, 2.45) is 0 Å². The summed E-state index contributed by atoms with van der Waals surface area (Å²) >= 11 is 0. The molecular formula is C100H68B4O8. The zero-order valence-corrected chi connectivity index (χ0v) is 61.9. The maximum atomic E-state index is 6.45. The van der Waals surface area contributed by atoms with Crippen LogP contribution in [0.4, 0.5) is 0 Å². The van der Waals surface area contributed by atoms with E-state index in [1.54, 1.807) is 0 Å². The molecule has 8 nitrogen and oxygen atoms in total. The topological polar surface area (TPSA) is 73.8 Å². The molecule has 0 unspecified atom stereocenters. The molecule has 528 valence electrons. The van der Waals surface area contributed by atoms with Gasteiger partial charge in [0.15, 0.2) is 0 Å². The number of hydrogen-bond donors (Lipinski definition) is 0. The van der Waals surface area contributed by atoms with Gasteiger partial charge >= 0.3 is 0 Å². The summed E-state index contributed by atoms with van der Waals surface area (Å²) in [5.74, 6) is 14.5. The third-order valence-electron chi connectivity index (χ3n) is 22.7. The second-order valence-corrected chi connectivity index (χ2v) is 29.9. The second-order valence-electron chi connectivity index (χ2n) is 29.9. The molecule has 0 bridgehead atoms. The fourth-order valence-corrected chi connectivity index (χ4v) is 17.3. The van der Waals surface area contributed by atoms with Crippen molar-refractivity contribution in [1.29, 1.82) is 0 Å². The largest absolute Gasteiger partial charge is 0.458 e. The average molecular weight is 1440 g/mol. The van der Waals surface area contributed by atoms with Gasteiger partial charge in [-0.05, 0) is 224 Å². The summed E-state index contributed by atoms with van der Waals surface area (Å²) in [6.07, 6.45) is 0. The summed E-state index contributed by atoms with van der Waals surface area (Å²) in [7, 11) is 0. The molecule has 8 aliphatic heterocycles. The van der Waals surface area contributed by atoms with E-state index in [4.69, 9.17) is 37.9 Å². The molecule has 16 aromatic rings. The number of benzene rings is 16. The lowest BCUT2D eigenvalue weighted by Crippen LogP contribution is -2.57. The molecule has 0 saturated heterocycles. The first kappa shape index (κ1) is 66.4. The first-order valence-electron chi connectivity index (χ1n) is 38.3. The van der Waals surface area contributed by atoms with Gasteiger partial charge in [0.2, 0.25) is 0 Å². The molecule has 0 spiro atoms. The van der Waals surface area contributed by atoms with Crippen molar-refractivity contribution >= 4 is 92.4 Å². The fourth-order valence-electron chi connectivity index (χ4n) is 17.3. The number of para-hydroxylation sites is 2. The van der Waals surface area contributed by atoms with Gasteiger partial charge in [0.25, 0.3) is 26.9 Å². The minimum Gasteiger partial charge on any atom is -0.458 e. The molecule has 0 atom stereocenters. The van der Waals surface area contributed by atoms with Crippen LogP contribution in [0.15, 0.2) is 340 Å². The van der Waals surface area contributed by atoms with Gasteiger partial charge in [-0.1, -0.05) is 254 Å². The highest BCUT2D eigenvalue weighted by atomic mass is 16.5. The van der Waals surface area contributed by atoms with Gasteiger partial charge in [0, 0.05) is 21.9 Å². The molecule has 0 saturated carbocycles. The summed E-state index contributed by atoms with van der Waals surface area (Å²) in [5.41, 5.74) is 28.4. The Kier molecular flexibility index (Phi) is 16.1. The van der Waals surface area contributed by atoms with E-state index in [9.17, 15) is 0 Å². The Balaban J connectivity index is 0.0000000953. The van der Waals surface area contributed by atoms with E-state index in [2.05, 4.69) is 258 Å². The van der Waals surface area contributed by atoms with Crippen LogP contribution in [0.1, 0.15) is 22.3 Å². The van der Waals surface area contributed by atoms with Gasteiger partial charge in [-0.2, -0.15) is 0 Å². The van der Waals surface area contributed by atoms with Crippen LogP contribution in [0.2, 0.25) is 0 Å². The Bertz CT molecular complexity index is 6280. The summed E-state index contributed by atoms with van der Waals surface area (Å²) in [5, 5.41) is 0. The second kappa shape index (κ2) is 27.1. The molecule has 0 amide bonds. The third-order valence-corrected chi connectivity index (χ3v) is 22.7. The van der Waals surface area contributed by atoms with E-state index in [1.165, 1.54) is 93.8 Å². The maximum Gasteiger partial charge on any atom is 0.260 e. The van der Waals surface area contributed by atoms with E-state index in [-0.39, 0.29) is 26.9 Å². The van der Waals surface area contributed by atoms with Crippen LogP contribution in [0.3, 0.4) is 0 Å². The Morgan fingerprint density at radius 1 is 0.143 bits per heavy atom. The number of hydrogen-bond acceptors (Lipinski definition) is 8. The molecule has 8 heterocycles. The lowest BCUT2D eigenvalue weighted by molar-refractivity contribution is 0.463. The lowest BCUT2D eigenvalue weighted by atomic mass is 9.35. The number of aryl methyl sites for hydroxylation is 4. The fraction of sp³-hybridized carbons (Fsp3) is 0.0400. The summed E-state index contributed by atoms with van der Waals surface area (Å²) in [6, 6.07) is 118. The highest BCUT2D eigenvalue weighted by molar-refractivity contribution is 7.00. The molecule has 0 N–H and O–H groups in total. The smallest absolute Gasteiger partial charge is 0.260 e. The van der Waals surface area contributed by atoms with Crippen LogP contribution in [-0.4, -0.2) is 26.9 Å². The van der Waals surface area contributed by atoms with Crippen LogP contribution in [-0.2, 0) is 0 Å². The Morgan fingerprint density at radius 3 is 0.714 bits per heavy atom. The molecule has 8 aliphatic rings. The van der Waals surface area contributed by atoms with Crippen LogP contribution >= 0.6 is 0 Å². The van der Waals surface area contributed by atoms with Crippen LogP contribution in [0, 0.1) is 27.7 Å². The highest BCUT2D eigenvalue weighted by Gasteiger charge is 2.44. The first-order chi connectivity index (χ1) is 55.1. The Labute approximate surface area is 652 Å². The summed E-state index contributed by atoms with van der Waals surface area (Å²) in [4.78, 5) is 0. The molecule has 0 aromatic heterocycles. The standard InChI is InChI=1S/C32H23BO2.2C24H15BO2.C20H15BO2/c1-20-6-10-22(11-7-20)24-14-16-26-30(18-24)34-28-4-3-5-29-32(28)33(26)27-17-15-25(19-31(27)35-29)23-12-8-21(2)9-13-23;1-2-7-16(8-3-1)17-13-14-21-19(15-17)25-18-9-4-5-10-20(18)26-22-11-6-12-23(27-21)24(22)25;1-2-7-16(8-3-1)17-13-14-19-23(15-17)27-22-12-6-11-21-24(22)25(19)18-9-4-5-10-20(18)26-21;1-12-6-8-14-18(10-12)22-16-4-3-5-17-20(16)21(14)15-9-7-13(2)11-19(15)23-17/h3-19H,1-2H3;2*1-15H;3-11H,1-2H3. The predicted octanol–water partition coefficient (Wildman–Crippen LogP) is 17.6. The van der Waals surface area contributed by atoms with Crippen LogP contribution < -0.4 is 103 Å². The predicted molar refractivity (Wildman–Crippen MR) is 457 cm³/mol. The van der Waals surface area contributed by atoms with E-state index in [0.29, 0.717) is 0 Å². The monoisotopic (exact) mass is 1440 g/mol. The van der Waals surface area contributed by atoms with E-state index < -0.39 is 0 Å². The normalized spacial score (nSPS) is 13.0. The summed E-state index contributed by atoms with van der Waals surface area (Å²) < 4.78 is 50.1. The van der Waals surface area contributed by atoms with Gasteiger partial charge in [-0.3, -0.25) is 0 Å². The zero-order chi connectivity index (χ0) is 74.7. The van der Waals surface area contributed by atoms with E-state index in [0.717, 1.165) is 131 Å². The van der Waals surface area contributed by atoms with Crippen molar-refractivity contribution in [2.75, 3.05) is 0 Å². The van der Waals surface area contributed by atoms with Crippen molar-refractivity contribution in [2.45, 2.75) is 27.7 Å². The van der Waals surface area contributed by atoms with Crippen molar-refractivity contribution in [3.05, 3.63) is 362 Å². The molecule has 0 aliphatic carbocycles. The van der Waals surface area contributed by atoms with Crippen LogP contribution in [0.25, 0.3) is 44.5 Å². The highest BCUT2D eigenvalue weighted by Crippen LogP contribution is 2.42. The quantitative estimate of drug-likeness (QED) is 0.161. The van der Waals surface area contributed by atoms with Crippen molar-refractivity contribution < 1.29 is 37.9 Å². The third kappa shape index (κ3) is 11.6. The lowest BCUT2D eigenvalue weighted by Gasteiger charge is -2.33. The average Bonchev–Trinajstić information content (AvgIpc) is 0.747. The SMILES string of the molecule is Cc1ccc(-c2ccc3c(c2)Oc2cccc4c2B3c2ccc(-c3ccc(C)cc3)cc2O4)cc1.Cc1ccc2c(c1)Oc1cccc3c1B2c1ccc(C)cc1O3.c1ccc(-c2ccc3c(c2)B2c4ccccc4Oc4cccc(c42)O3)cc1.c1ccc(-c2ccc3c(c2)Oc2cccc4c2B3c2ccccc2O4)cc1. The Morgan fingerprint density at radius 2 is 0.366 bits per heavy atom. The van der Waals surface area contributed by atoms with Gasteiger partial charge in [0.1, 0.15) is 92.0 Å². The summed E-state index contributed by atoms with van der Waals surface area (Å²) in [6.45, 7) is 8.92. The molecule has 16 aromatic carbocycles. The zero-order valence-electron chi connectivity index (χ0n) is 61.9. The van der Waals surface area contributed by atoms with Crippen LogP contribution in [0.5, 0.6) is 92.0 Å². The number of ether oxygens (including phenoxy) is 8. The molecule has 12 heteroatoms. The van der Waals surface area contributed by atoms with Crippen molar-refractivity contribution in [3.63, 3.8) is 0 Å². The van der Waals surface area contributed by atoms with Gasteiger partial charge in [-0.25, -0.2) is 0 Å². The van der Waals surface area contributed by atoms with E-state index >= 15 is 0 Å². The first-order valence-corrected chi connectivity index (χ1v) is 38.3. The number of rotatable bonds is 4. The van der Waals surface area contributed by atoms with Gasteiger partial charge in [-0.15, -0.1) is 0 Å². The van der Waals surface area contributed by atoms with Crippen molar-refractivity contribution in [3.8, 4) is 136 Å². The molecule has 0 radical (unpaired) electrons. The minimum atomic E-state index is 0.0767. The minimum absolute atomic E-state index is 0.0767. The molecular weight excluding hydrogens is 1370 g/mol. The van der Waals surface area contributed by atoms with E-state index in [1.807, 2.05) is 109 Å². The molecule has 24 rings (SSSR count). The number of fused-ring (bicyclic) bond motifs is 16. The maximum absolute atomic E-state index is 6.45. The Hall–Kier alpha value is -13.8. The van der Waals surface area contributed by atoms with Crippen molar-refractivity contribution in [1.82, 2.24) is 0 Å². The molecule has 112 heavy (non-hydrogen) atoms. The van der Waals surface area contributed by atoms with Gasteiger partial charge < -0.3 is 37.9 Å².